The van der Waals surface area contributed by atoms with Crippen molar-refractivity contribution < 1.29 is 34.6 Å². The molecule has 1 aliphatic carbocycles. The standard InChI is InChI=1S/C33H35N7O3.C33H33N7O2.C33H35N7O2/c1-6-21-7-9-28(35-14-21)31(33(4,5)42)40-24-11-25(40)18-38(17-24)29-10-8-22(15-36-29)27-12-26(43-20-32(2,3)41)19-39-30(27)23(13-34)16-37-39;1-4-21-5-9-29(35-14-21)32(22-6-7-22)40-25-11-26(40)18-38(17-25)30-10-8-23(15-36-30)28-12-27(42-20-33(2,3)41)19-39-31(28)24(13-34)16-37-39;1-6-22-7-9-29(35-14-22)31(21(2)3)40-25-11-26(40)18-38(17-25)30-10-8-23(15-36-30)28-12-27(42-20-33(4,5)41)19-39-32(28)24(13-34)16-37-39/h1,7-10,12,14-16,19,24-25,31,41-42H,11,17-18,20H2,2-5H3;1,5,8-10,12,14-16,19,22,25-26,32,41H,6-7,11,17-18,20H2,2-3H3;1,7-10,12,14-16,19,21,25-26,31,41H,11,17-18,20H2,2-5H3. The van der Waals surface area contributed by atoms with Gasteiger partial charge in [-0.05, 0) is 190 Å². The minimum atomic E-state index is -0.999. The van der Waals surface area contributed by atoms with E-state index in [1.165, 1.54) is 31.9 Å². The Labute approximate surface area is 739 Å². The zero-order valence-electron chi connectivity index (χ0n) is 73.0. The summed E-state index contributed by atoms with van der Waals surface area (Å²) in [6.45, 7) is 23.9. The lowest BCUT2D eigenvalue weighted by Crippen LogP contribution is -2.71. The second-order valence-electron chi connectivity index (χ2n) is 37.2. The van der Waals surface area contributed by atoms with Gasteiger partial charge in [-0.3, -0.25) is 29.7 Å². The van der Waals surface area contributed by atoms with Crippen LogP contribution in [-0.4, -0.2) is 212 Å². The van der Waals surface area contributed by atoms with Crippen LogP contribution in [0.1, 0.15) is 170 Å². The summed E-state index contributed by atoms with van der Waals surface area (Å²) in [6.07, 6.45) is 43.2. The quantitative estimate of drug-likeness (QED) is 0.0408. The number of aliphatic hydroxyl groups is 4. The number of piperidine rings is 3. The average molecular weight is 1700 g/mol. The molecular weight excluding hydrogens is 1600 g/mol. The second kappa shape index (κ2) is 34.5. The molecule has 21 heterocycles. The first-order valence-corrected chi connectivity index (χ1v) is 43.2. The van der Waals surface area contributed by atoms with Crippen molar-refractivity contribution in [2.75, 3.05) is 73.8 Å². The summed E-state index contributed by atoms with van der Waals surface area (Å²) >= 11 is 0. The van der Waals surface area contributed by atoms with Gasteiger partial charge in [0.05, 0.1) is 128 Å². The lowest BCUT2D eigenvalue weighted by atomic mass is 9.80. The van der Waals surface area contributed by atoms with Gasteiger partial charge < -0.3 is 49.3 Å². The van der Waals surface area contributed by atoms with E-state index in [4.69, 9.17) is 58.4 Å². The summed E-state index contributed by atoms with van der Waals surface area (Å²) in [5.74, 6) is 13.4. The van der Waals surface area contributed by atoms with Gasteiger partial charge in [-0.15, -0.1) is 19.3 Å². The molecule has 1 saturated carbocycles. The molecule has 0 spiro atoms. The number of ether oxygens (including phenoxy) is 3. The third-order valence-electron chi connectivity index (χ3n) is 24.9. The van der Waals surface area contributed by atoms with Crippen LogP contribution in [-0.2, 0) is 0 Å². The van der Waals surface area contributed by atoms with Crippen LogP contribution >= 0.6 is 0 Å². The van der Waals surface area contributed by atoms with E-state index in [0.29, 0.717) is 98.1 Å². The van der Waals surface area contributed by atoms with Crippen LogP contribution in [0, 0.1) is 82.9 Å². The van der Waals surface area contributed by atoms with Crippen LogP contribution in [0.5, 0.6) is 17.2 Å². The van der Waals surface area contributed by atoms with Gasteiger partial charge in [0.1, 0.15) is 72.7 Å². The smallest absolute Gasteiger partial charge is 0.138 e. The van der Waals surface area contributed by atoms with E-state index in [1.54, 1.807) is 98.5 Å². The highest BCUT2D eigenvalue weighted by atomic mass is 16.5. The summed E-state index contributed by atoms with van der Waals surface area (Å²) in [5, 5.41) is 83.7. The lowest BCUT2D eigenvalue weighted by Gasteiger charge is -2.60. The minimum absolute atomic E-state index is 0.108. The summed E-state index contributed by atoms with van der Waals surface area (Å²) in [7, 11) is 0. The summed E-state index contributed by atoms with van der Waals surface area (Å²) < 4.78 is 22.5. The summed E-state index contributed by atoms with van der Waals surface area (Å²) in [6, 6.07) is 39.2. The third kappa shape index (κ3) is 18.0. The molecule has 0 aromatic carbocycles. The average Bonchev–Trinajstić information content (AvgIpc) is 1.73. The molecule has 10 fully saturated rings. The number of hydrogen-bond acceptors (Lipinski definition) is 25. The maximum atomic E-state index is 11.2. The van der Waals surface area contributed by atoms with Gasteiger partial charge in [-0.1, -0.05) is 31.6 Å². The van der Waals surface area contributed by atoms with E-state index in [2.05, 4.69) is 118 Å². The van der Waals surface area contributed by atoms with Gasteiger partial charge in [0, 0.05) is 163 Å². The number of hydrogen-bond donors (Lipinski definition) is 4. The Morgan fingerprint density at radius 3 is 1.02 bits per heavy atom. The predicted molar refractivity (Wildman–Crippen MR) is 482 cm³/mol. The van der Waals surface area contributed by atoms with E-state index < -0.39 is 22.4 Å². The fraction of sp³-hybridized carbons (Fsp3) is 0.394. The Kier molecular flexibility index (Phi) is 23.3. The molecule has 9 atom stereocenters. The number of aromatic nitrogens is 12. The van der Waals surface area contributed by atoms with Crippen LogP contribution in [0.2, 0.25) is 0 Å². The molecule has 9 saturated heterocycles. The molecule has 12 aromatic rings. The summed E-state index contributed by atoms with van der Waals surface area (Å²) in [5.41, 5.74) is 9.82. The molecule has 0 radical (unpaired) electrons. The van der Waals surface area contributed by atoms with Crippen molar-refractivity contribution in [3.63, 3.8) is 0 Å². The van der Waals surface area contributed by atoms with Gasteiger partial charge in [0.25, 0.3) is 0 Å². The Morgan fingerprint density at radius 1 is 0.409 bits per heavy atom. The van der Waals surface area contributed by atoms with Crippen molar-refractivity contribution in [3.8, 4) is 106 Å². The van der Waals surface area contributed by atoms with Crippen LogP contribution in [0.4, 0.5) is 17.5 Å². The third-order valence-corrected chi connectivity index (χ3v) is 24.9. The Morgan fingerprint density at radius 2 is 0.740 bits per heavy atom. The number of nitriles is 3. The lowest BCUT2D eigenvalue weighted by molar-refractivity contribution is -0.115. The topological polar surface area (TPSA) is 329 Å². The first kappa shape index (κ1) is 85.8. The molecule has 12 aromatic heterocycles. The monoisotopic (exact) mass is 1700 g/mol. The van der Waals surface area contributed by atoms with Crippen LogP contribution in [0.25, 0.3) is 49.9 Å². The van der Waals surface area contributed by atoms with E-state index in [-0.39, 0.29) is 44.0 Å². The predicted octanol–water partition coefficient (Wildman–Crippen LogP) is 12.2. The molecule has 9 aliphatic heterocycles. The number of piperazine rings is 3. The van der Waals surface area contributed by atoms with Gasteiger partial charge in [0.15, 0.2) is 0 Å². The second-order valence-corrected chi connectivity index (χ2v) is 37.2. The van der Waals surface area contributed by atoms with E-state index in [9.17, 15) is 36.2 Å². The highest BCUT2D eigenvalue weighted by Crippen LogP contribution is 2.52. The highest BCUT2D eigenvalue weighted by Gasteiger charge is 2.55. The van der Waals surface area contributed by atoms with Crippen LogP contribution in [0.3, 0.4) is 0 Å². The summed E-state index contributed by atoms with van der Waals surface area (Å²) in [4.78, 5) is 43.4. The molecule has 28 heteroatoms. The van der Waals surface area contributed by atoms with E-state index in [0.717, 1.165) is 125 Å². The molecule has 646 valence electrons. The first-order chi connectivity index (χ1) is 60.9. The molecule has 22 rings (SSSR count). The number of fused-ring (bicyclic) bond motifs is 9. The normalized spacial score (nSPS) is 19.9. The van der Waals surface area contributed by atoms with Gasteiger partial charge in [-0.2, -0.15) is 31.1 Å². The van der Waals surface area contributed by atoms with Crippen molar-refractivity contribution in [1.82, 2.24) is 73.4 Å². The molecule has 4 N–H and O–H groups in total. The largest absolute Gasteiger partial charge is 0.489 e. The Bertz CT molecular complexity index is 6040. The molecular formula is C99H103N21O7. The Balaban J connectivity index is 0.000000134. The number of anilines is 3. The Hall–Kier alpha value is -13.4. The molecule has 9 unspecified atom stereocenters. The maximum absolute atomic E-state index is 11.2. The van der Waals surface area contributed by atoms with Crippen LogP contribution < -0.4 is 28.9 Å². The van der Waals surface area contributed by atoms with Crippen molar-refractivity contribution in [1.29, 1.82) is 15.8 Å². The van der Waals surface area contributed by atoms with Crippen molar-refractivity contribution in [3.05, 3.63) is 216 Å². The zero-order valence-corrected chi connectivity index (χ0v) is 73.0. The fourth-order valence-electron chi connectivity index (χ4n) is 19.0. The van der Waals surface area contributed by atoms with E-state index >= 15 is 0 Å². The van der Waals surface area contributed by atoms with Crippen molar-refractivity contribution >= 4 is 34.0 Å². The molecule has 0 amide bonds. The minimum Gasteiger partial charge on any atom is -0.489 e. The van der Waals surface area contributed by atoms with Gasteiger partial charge in [-0.25, -0.2) is 28.5 Å². The van der Waals surface area contributed by atoms with E-state index in [1.807, 2.05) is 111 Å². The zero-order chi connectivity index (χ0) is 89.1. The molecule has 6 bridgehead atoms. The highest BCUT2D eigenvalue weighted by molar-refractivity contribution is 5.88. The number of pyridine rings is 9. The SMILES string of the molecule is C#Cc1ccc(C(C(C)C)N2C3CC2CN(c2ccc(-c4cc(OCC(C)(C)O)cn5ncc(C#N)c45)cn2)C3)nc1.C#Cc1ccc(C(C2CC2)N2C3CC2CN(c2ccc(-c4cc(OCC(C)(C)O)cn5ncc(C#N)c45)cn2)C3)nc1.C#Cc1ccc(C(N2C3CC2CN(c2ccc(-c4cc(OCC(C)(C)O)cn5ncc(C#N)c45)cn2)C3)C(C)(C)O)nc1. The first-order valence-electron chi connectivity index (χ1n) is 43.2. The molecule has 10 aliphatic rings. The maximum Gasteiger partial charge on any atom is 0.138 e. The number of nitrogens with zero attached hydrogens (tertiary/aromatic N) is 21. The van der Waals surface area contributed by atoms with Crippen molar-refractivity contribution in [2.45, 2.75) is 178 Å². The van der Waals surface area contributed by atoms with Crippen molar-refractivity contribution in [2.24, 2.45) is 11.8 Å². The van der Waals surface area contributed by atoms with Gasteiger partial charge >= 0.3 is 0 Å². The fourth-order valence-corrected chi connectivity index (χ4v) is 19.0. The number of terminal acetylenes is 3. The van der Waals surface area contributed by atoms with Crippen LogP contribution in [0.15, 0.2) is 165 Å². The molecule has 28 nitrogen and oxygen atoms in total. The van der Waals surface area contributed by atoms with Gasteiger partial charge in [0.2, 0.25) is 0 Å². The molecule has 127 heavy (non-hydrogen) atoms. The number of rotatable bonds is 24.